The average Bonchev–Trinajstić information content (AvgIpc) is 3.20. The van der Waals surface area contributed by atoms with Crippen molar-refractivity contribution in [3.05, 3.63) is 59.5 Å². The molecule has 1 fully saturated rings. The Labute approximate surface area is 227 Å². The van der Waals surface area contributed by atoms with Crippen LogP contribution in [0.5, 0.6) is 11.5 Å². The van der Waals surface area contributed by atoms with Crippen LogP contribution in [0.3, 0.4) is 0 Å². The monoisotopic (exact) mass is 525 g/mol. The fourth-order valence-corrected chi connectivity index (χ4v) is 3.44. The lowest BCUT2D eigenvalue weighted by molar-refractivity contribution is -0.152. The molecule has 1 aliphatic carbocycles. The Bertz CT molecular complexity index is 973. The fraction of sp³-hybridized carbons (Fsp3) is 0.484. The minimum Gasteiger partial charge on any atom is -0.511 e. The van der Waals surface area contributed by atoms with Crippen molar-refractivity contribution in [2.45, 2.75) is 77.7 Å². The lowest BCUT2D eigenvalue weighted by Crippen LogP contribution is -2.37. The standard InChI is InChI=1S/C24H29NO6.C7H14/c1-6-8-19(9-7-15-29-5)17-25-22(18(2)26)14-16-30-20-10-12-21(13-11-20)31-24(3,4)23(27)28;1-2-4-6-7-5-3-1/h1,7-13,17,26H,14-16H2,2-5H3,(H,27,28);1-7H2/b9-7-,19-8+,22-18-,25-17+;. The first-order valence-electron chi connectivity index (χ1n) is 13.1. The molecule has 0 bridgehead atoms. The number of hydrogen-bond donors (Lipinski definition) is 2. The maximum absolute atomic E-state index is 11.1. The van der Waals surface area contributed by atoms with Gasteiger partial charge in [-0.2, -0.15) is 0 Å². The molecule has 0 aromatic heterocycles. The van der Waals surface area contributed by atoms with Gasteiger partial charge >= 0.3 is 5.97 Å². The SMILES string of the molecule is C#C/C=C(\C=C/COC)/C=N/C(CCOc1ccc(OC(C)(C)C(=O)O)cc1)=C(/C)O.C1CCCCCC1. The molecular weight excluding hydrogens is 482 g/mol. The molecule has 0 radical (unpaired) electrons. The number of methoxy groups -OCH3 is 1. The highest BCUT2D eigenvalue weighted by atomic mass is 16.5. The number of carboxylic acid groups (broad SMARTS) is 1. The second-order valence-electron chi connectivity index (χ2n) is 9.42. The van der Waals surface area contributed by atoms with Crippen molar-refractivity contribution in [1.29, 1.82) is 0 Å². The Morgan fingerprint density at radius 1 is 1.05 bits per heavy atom. The van der Waals surface area contributed by atoms with Gasteiger partial charge in [-0.3, -0.25) is 4.99 Å². The zero-order valence-corrected chi connectivity index (χ0v) is 23.2. The number of aliphatic imine (C=N–C) groups is 1. The van der Waals surface area contributed by atoms with Gasteiger partial charge in [-0.25, -0.2) is 4.79 Å². The van der Waals surface area contributed by atoms with E-state index in [9.17, 15) is 9.90 Å². The molecule has 7 nitrogen and oxygen atoms in total. The van der Waals surface area contributed by atoms with Crippen LogP contribution in [-0.2, 0) is 9.53 Å². The Morgan fingerprint density at radius 3 is 2.08 bits per heavy atom. The van der Waals surface area contributed by atoms with Crippen LogP contribution in [0.4, 0.5) is 0 Å². The highest BCUT2D eigenvalue weighted by Crippen LogP contribution is 2.22. The van der Waals surface area contributed by atoms with E-state index >= 15 is 0 Å². The summed E-state index contributed by atoms with van der Waals surface area (Å²) in [5.41, 5.74) is -0.171. The van der Waals surface area contributed by atoms with E-state index in [0.717, 1.165) is 0 Å². The molecule has 1 aromatic rings. The highest BCUT2D eigenvalue weighted by molar-refractivity contribution is 5.83. The molecule has 0 atom stereocenters. The molecule has 0 saturated heterocycles. The zero-order valence-electron chi connectivity index (χ0n) is 23.2. The van der Waals surface area contributed by atoms with Gasteiger partial charge in [0.2, 0.25) is 0 Å². The molecule has 0 heterocycles. The van der Waals surface area contributed by atoms with E-state index in [1.54, 1.807) is 62.7 Å². The smallest absolute Gasteiger partial charge is 0.347 e. The number of ether oxygens (including phenoxy) is 3. The van der Waals surface area contributed by atoms with Crippen LogP contribution in [0.15, 0.2) is 64.5 Å². The fourth-order valence-electron chi connectivity index (χ4n) is 3.44. The predicted octanol–water partition coefficient (Wildman–Crippen LogP) is 7.05. The molecule has 0 amide bonds. The number of hydrogen-bond acceptors (Lipinski definition) is 6. The van der Waals surface area contributed by atoms with Gasteiger partial charge in [-0.15, -0.1) is 6.42 Å². The van der Waals surface area contributed by atoms with Gasteiger partial charge in [0.1, 0.15) is 17.3 Å². The number of allylic oxidation sites excluding steroid dienone is 4. The van der Waals surface area contributed by atoms with Gasteiger partial charge in [0.15, 0.2) is 5.60 Å². The summed E-state index contributed by atoms with van der Waals surface area (Å²) in [7, 11) is 1.59. The maximum Gasteiger partial charge on any atom is 0.347 e. The summed E-state index contributed by atoms with van der Waals surface area (Å²) in [5.74, 6) is 2.48. The van der Waals surface area contributed by atoms with Gasteiger partial charge in [-0.1, -0.05) is 63.0 Å². The number of aliphatic hydroxyl groups excluding tert-OH is 1. The van der Waals surface area contributed by atoms with Crippen LogP contribution < -0.4 is 9.47 Å². The number of carbonyl (C=O) groups is 1. The lowest BCUT2D eigenvalue weighted by atomic mass is 10.1. The Hall–Kier alpha value is -3.50. The van der Waals surface area contributed by atoms with Crippen molar-refractivity contribution in [2.75, 3.05) is 20.3 Å². The number of aliphatic carboxylic acids is 1. The van der Waals surface area contributed by atoms with E-state index in [2.05, 4.69) is 10.9 Å². The van der Waals surface area contributed by atoms with E-state index in [-0.39, 0.29) is 12.4 Å². The van der Waals surface area contributed by atoms with E-state index in [1.165, 1.54) is 58.8 Å². The molecule has 208 valence electrons. The molecule has 1 saturated carbocycles. The first-order valence-corrected chi connectivity index (χ1v) is 13.1. The minimum atomic E-state index is -1.33. The maximum atomic E-state index is 11.1. The van der Waals surface area contributed by atoms with Crippen LogP contribution in [0.25, 0.3) is 0 Å². The molecule has 0 aliphatic heterocycles. The summed E-state index contributed by atoms with van der Waals surface area (Å²) in [6, 6.07) is 6.63. The lowest BCUT2D eigenvalue weighted by Gasteiger charge is -2.21. The van der Waals surface area contributed by atoms with Crippen molar-refractivity contribution >= 4 is 12.2 Å². The number of rotatable bonds is 12. The molecule has 2 rings (SSSR count). The number of terminal acetylenes is 1. The van der Waals surface area contributed by atoms with Crippen LogP contribution >= 0.6 is 0 Å². The van der Waals surface area contributed by atoms with E-state index < -0.39 is 11.6 Å². The van der Waals surface area contributed by atoms with E-state index in [1.807, 2.05) is 0 Å². The molecule has 7 heteroatoms. The quantitative estimate of drug-likeness (QED) is 0.0997. The Morgan fingerprint density at radius 2 is 1.61 bits per heavy atom. The Kier molecular flexibility index (Phi) is 16.0. The summed E-state index contributed by atoms with van der Waals surface area (Å²) >= 11 is 0. The van der Waals surface area contributed by atoms with Crippen molar-refractivity contribution in [3.63, 3.8) is 0 Å². The van der Waals surface area contributed by atoms with Gasteiger partial charge in [0.25, 0.3) is 0 Å². The number of aliphatic hydroxyl groups is 1. The van der Waals surface area contributed by atoms with Crippen LogP contribution in [0.1, 0.15) is 72.1 Å². The normalized spacial score (nSPS) is 15.2. The largest absolute Gasteiger partial charge is 0.511 e. The van der Waals surface area contributed by atoms with Gasteiger partial charge in [0, 0.05) is 25.3 Å². The minimum absolute atomic E-state index is 0.0837. The van der Waals surface area contributed by atoms with Gasteiger partial charge in [-0.05, 0) is 51.1 Å². The summed E-state index contributed by atoms with van der Waals surface area (Å²) in [5, 5.41) is 19.0. The van der Waals surface area contributed by atoms with Crippen molar-refractivity contribution in [1.82, 2.24) is 0 Å². The summed E-state index contributed by atoms with van der Waals surface area (Å²) in [4.78, 5) is 15.5. The van der Waals surface area contributed by atoms with Crippen molar-refractivity contribution < 1.29 is 29.2 Å². The van der Waals surface area contributed by atoms with Gasteiger partial charge in [0.05, 0.1) is 18.9 Å². The second kappa shape index (κ2) is 18.7. The van der Waals surface area contributed by atoms with E-state index in [0.29, 0.717) is 35.8 Å². The molecular formula is C31H43NO6. The molecule has 0 unspecified atom stereocenters. The topological polar surface area (TPSA) is 97.6 Å². The van der Waals surface area contributed by atoms with Crippen molar-refractivity contribution in [2.24, 2.45) is 4.99 Å². The van der Waals surface area contributed by atoms with Crippen LogP contribution in [-0.4, -0.2) is 48.3 Å². The van der Waals surface area contributed by atoms with Gasteiger partial charge < -0.3 is 24.4 Å². The summed E-state index contributed by atoms with van der Waals surface area (Å²) < 4.78 is 16.1. The summed E-state index contributed by atoms with van der Waals surface area (Å²) in [6.45, 7) is 5.22. The molecule has 38 heavy (non-hydrogen) atoms. The first-order chi connectivity index (χ1) is 18.2. The third-order valence-corrected chi connectivity index (χ3v) is 5.68. The second-order valence-corrected chi connectivity index (χ2v) is 9.42. The third-order valence-electron chi connectivity index (χ3n) is 5.68. The molecule has 2 N–H and O–H groups in total. The molecule has 1 aliphatic rings. The summed E-state index contributed by atoms with van der Waals surface area (Å²) in [6.07, 6.45) is 22.9. The first kappa shape index (κ1) is 32.5. The van der Waals surface area contributed by atoms with Crippen LogP contribution in [0.2, 0.25) is 0 Å². The third kappa shape index (κ3) is 14.3. The highest BCUT2D eigenvalue weighted by Gasteiger charge is 2.29. The zero-order chi connectivity index (χ0) is 28.2. The van der Waals surface area contributed by atoms with E-state index in [4.69, 9.17) is 25.7 Å². The average molecular weight is 526 g/mol. The number of benzene rings is 1. The van der Waals surface area contributed by atoms with Crippen molar-refractivity contribution in [3.8, 4) is 23.8 Å². The predicted molar refractivity (Wildman–Crippen MR) is 153 cm³/mol. The van der Waals surface area contributed by atoms with Crippen LogP contribution in [0, 0.1) is 12.3 Å². The molecule has 1 aromatic carbocycles. The molecule has 0 spiro atoms. The number of nitrogens with zero attached hydrogens (tertiary/aromatic N) is 1. The number of carboxylic acids is 1. The Balaban J connectivity index is 0.000000884.